The first-order valence-corrected chi connectivity index (χ1v) is 6.94. The van der Waals surface area contributed by atoms with Gasteiger partial charge in [0, 0.05) is 6.54 Å². The summed E-state index contributed by atoms with van der Waals surface area (Å²) in [6.07, 6.45) is 4.34. The number of esters is 1. The summed E-state index contributed by atoms with van der Waals surface area (Å²) in [5.74, 6) is 0.530. The second-order valence-electron chi connectivity index (χ2n) is 6.23. The van der Waals surface area contributed by atoms with Crippen LogP contribution in [0.1, 0.15) is 46.5 Å². The zero-order chi connectivity index (χ0) is 13.6. The van der Waals surface area contributed by atoms with E-state index in [-0.39, 0.29) is 25.2 Å². The molecule has 0 unspecified atom stereocenters. The highest BCUT2D eigenvalue weighted by Gasteiger charge is 2.30. The van der Waals surface area contributed by atoms with Crippen molar-refractivity contribution in [2.45, 2.75) is 52.6 Å². The van der Waals surface area contributed by atoms with Crippen molar-refractivity contribution in [3.63, 3.8) is 0 Å². The molecule has 0 radical (unpaired) electrons. The van der Waals surface area contributed by atoms with E-state index in [1.807, 2.05) is 0 Å². The fourth-order valence-corrected chi connectivity index (χ4v) is 2.54. The van der Waals surface area contributed by atoms with Crippen molar-refractivity contribution in [2.75, 3.05) is 19.7 Å². The van der Waals surface area contributed by atoms with Gasteiger partial charge >= 0.3 is 5.97 Å². The van der Waals surface area contributed by atoms with Gasteiger partial charge in [-0.25, -0.2) is 0 Å². The smallest absolute Gasteiger partial charge is 0.320 e. The largest absolute Gasteiger partial charge is 0.461 e. The number of aliphatic hydroxyl groups is 1. The van der Waals surface area contributed by atoms with E-state index >= 15 is 0 Å². The van der Waals surface area contributed by atoms with Gasteiger partial charge in [0.05, 0.1) is 13.2 Å². The van der Waals surface area contributed by atoms with E-state index in [0.717, 1.165) is 31.6 Å². The molecular weight excluding hydrogens is 230 g/mol. The molecule has 4 nitrogen and oxygen atoms in total. The van der Waals surface area contributed by atoms with Crippen molar-refractivity contribution in [3.05, 3.63) is 0 Å². The lowest BCUT2D eigenvalue weighted by molar-refractivity contribution is -0.150. The van der Waals surface area contributed by atoms with Crippen LogP contribution >= 0.6 is 0 Å². The van der Waals surface area contributed by atoms with Crippen LogP contribution in [0, 0.1) is 11.3 Å². The van der Waals surface area contributed by atoms with Crippen molar-refractivity contribution in [1.29, 1.82) is 0 Å². The maximum atomic E-state index is 11.5. The Bertz CT molecular complexity index is 252. The highest BCUT2D eigenvalue weighted by Crippen LogP contribution is 2.38. The van der Waals surface area contributed by atoms with Crippen molar-refractivity contribution in [2.24, 2.45) is 11.3 Å². The maximum absolute atomic E-state index is 11.5. The summed E-state index contributed by atoms with van der Waals surface area (Å²) in [5, 5.41) is 11.4. The number of nitrogens with one attached hydrogen (secondary N) is 1. The van der Waals surface area contributed by atoms with E-state index in [4.69, 9.17) is 9.84 Å². The van der Waals surface area contributed by atoms with Gasteiger partial charge in [-0.15, -0.1) is 0 Å². The zero-order valence-electron chi connectivity index (χ0n) is 11.9. The summed E-state index contributed by atoms with van der Waals surface area (Å²) in [7, 11) is 0. The van der Waals surface area contributed by atoms with Gasteiger partial charge in [-0.3, -0.25) is 4.79 Å². The van der Waals surface area contributed by atoms with Crippen molar-refractivity contribution < 1.29 is 14.6 Å². The SMILES string of the molecule is CC(C)(C)C1CCC(OC(=O)CNCCO)CC1. The quantitative estimate of drug-likeness (QED) is 0.581. The number of hydrogen-bond acceptors (Lipinski definition) is 4. The molecule has 0 saturated heterocycles. The van der Waals surface area contributed by atoms with E-state index < -0.39 is 0 Å². The predicted octanol–water partition coefficient (Wildman–Crippen LogP) is 1.72. The highest BCUT2D eigenvalue weighted by atomic mass is 16.5. The molecule has 0 aromatic carbocycles. The molecule has 1 aliphatic rings. The lowest BCUT2D eigenvalue weighted by Gasteiger charge is -2.36. The lowest BCUT2D eigenvalue weighted by Crippen LogP contribution is -2.33. The Morgan fingerprint density at radius 2 is 1.89 bits per heavy atom. The van der Waals surface area contributed by atoms with E-state index in [0.29, 0.717) is 12.0 Å². The average Bonchev–Trinajstić information content (AvgIpc) is 2.29. The molecule has 0 aromatic rings. The van der Waals surface area contributed by atoms with Crippen LogP contribution in [-0.2, 0) is 9.53 Å². The molecule has 4 heteroatoms. The lowest BCUT2D eigenvalue weighted by atomic mass is 9.72. The molecule has 1 fully saturated rings. The second-order valence-corrected chi connectivity index (χ2v) is 6.23. The standard InChI is InChI=1S/C14H27NO3/c1-14(2,3)11-4-6-12(7-5-11)18-13(17)10-15-8-9-16/h11-12,15-16H,4-10H2,1-3H3. The Morgan fingerprint density at radius 1 is 1.28 bits per heavy atom. The molecular formula is C14H27NO3. The van der Waals surface area contributed by atoms with Crippen LogP contribution < -0.4 is 5.32 Å². The summed E-state index contributed by atoms with van der Waals surface area (Å²) in [6.45, 7) is 7.52. The highest BCUT2D eigenvalue weighted by molar-refractivity contribution is 5.71. The Hall–Kier alpha value is -0.610. The van der Waals surface area contributed by atoms with Crippen LogP contribution in [0.2, 0.25) is 0 Å². The van der Waals surface area contributed by atoms with Gasteiger partial charge in [0.1, 0.15) is 6.10 Å². The number of carbonyl (C=O) groups excluding carboxylic acids is 1. The molecule has 0 amide bonds. The Labute approximate surface area is 110 Å². The molecule has 0 bridgehead atoms. The average molecular weight is 257 g/mol. The van der Waals surface area contributed by atoms with Gasteiger partial charge in [0.25, 0.3) is 0 Å². The maximum Gasteiger partial charge on any atom is 0.320 e. The summed E-state index contributed by atoms with van der Waals surface area (Å²) in [4.78, 5) is 11.5. The summed E-state index contributed by atoms with van der Waals surface area (Å²) >= 11 is 0. The number of ether oxygens (including phenoxy) is 1. The molecule has 0 heterocycles. The van der Waals surface area contributed by atoms with E-state index in [2.05, 4.69) is 26.1 Å². The number of hydrogen-bond donors (Lipinski definition) is 2. The Morgan fingerprint density at radius 3 is 2.39 bits per heavy atom. The first kappa shape index (κ1) is 15.4. The van der Waals surface area contributed by atoms with Crippen molar-refractivity contribution >= 4 is 5.97 Å². The van der Waals surface area contributed by atoms with Gasteiger partial charge in [0.15, 0.2) is 0 Å². The molecule has 18 heavy (non-hydrogen) atoms. The van der Waals surface area contributed by atoms with E-state index in [9.17, 15) is 4.79 Å². The summed E-state index contributed by atoms with van der Waals surface area (Å²) in [5.41, 5.74) is 0.359. The third-order valence-electron chi connectivity index (χ3n) is 3.75. The van der Waals surface area contributed by atoms with Crippen LogP contribution in [0.3, 0.4) is 0 Å². The fourth-order valence-electron chi connectivity index (χ4n) is 2.54. The Balaban J connectivity index is 2.21. The van der Waals surface area contributed by atoms with E-state index in [1.54, 1.807) is 0 Å². The van der Waals surface area contributed by atoms with Gasteiger partial charge in [-0.05, 0) is 37.0 Å². The van der Waals surface area contributed by atoms with Gasteiger partial charge in [0.2, 0.25) is 0 Å². The topological polar surface area (TPSA) is 58.6 Å². The fraction of sp³-hybridized carbons (Fsp3) is 0.929. The summed E-state index contributed by atoms with van der Waals surface area (Å²) < 4.78 is 5.42. The molecule has 0 aromatic heterocycles. The normalized spacial score (nSPS) is 24.9. The van der Waals surface area contributed by atoms with Crippen LogP contribution in [-0.4, -0.2) is 36.9 Å². The van der Waals surface area contributed by atoms with Crippen LogP contribution in [0.15, 0.2) is 0 Å². The molecule has 1 saturated carbocycles. The third kappa shape index (κ3) is 5.36. The minimum absolute atomic E-state index is 0.0456. The minimum atomic E-state index is -0.206. The Kier molecular flexibility index (Phi) is 6.09. The first-order chi connectivity index (χ1) is 8.43. The molecule has 0 aliphatic heterocycles. The molecule has 106 valence electrons. The summed E-state index contributed by atoms with van der Waals surface area (Å²) in [6, 6.07) is 0. The number of carbonyl (C=O) groups is 1. The number of aliphatic hydroxyl groups excluding tert-OH is 1. The monoisotopic (exact) mass is 257 g/mol. The van der Waals surface area contributed by atoms with Crippen molar-refractivity contribution in [3.8, 4) is 0 Å². The molecule has 0 atom stereocenters. The zero-order valence-corrected chi connectivity index (χ0v) is 11.9. The molecule has 1 aliphatic carbocycles. The molecule has 2 N–H and O–H groups in total. The number of rotatable bonds is 5. The van der Waals surface area contributed by atoms with Crippen molar-refractivity contribution in [1.82, 2.24) is 5.32 Å². The van der Waals surface area contributed by atoms with Gasteiger partial charge in [-0.2, -0.15) is 0 Å². The van der Waals surface area contributed by atoms with Gasteiger partial charge in [-0.1, -0.05) is 20.8 Å². The van der Waals surface area contributed by atoms with Crippen LogP contribution in [0.5, 0.6) is 0 Å². The second kappa shape index (κ2) is 7.10. The van der Waals surface area contributed by atoms with Gasteiger partial charge < -0.3 is 15.2 Å². The van der Waals surface area contributed by atoms with Crippen LogP contribution in [0.4, 0.5) is 0 Å². The van der Waals surface area contributed by atoms with Crippen LogP contribution in [0.25, 0.3) is 0 Å². The third-order valence-corrected chi connectivity index (χ3v) is 3.75. The molecule has 0 spiro atoms. The predicted molar refractivity (Wildman–Crippen MR) is 71.2 cm³/mol. The minimum Gasteiger partial charge on any atom is -0.461 e. The first-order valence-electron chi connectivity index (χ1n) is 6.94. The van der Waals surface area contributed by atoms with E-state index in [1.165, 1.54) is 0 Å². The molecule has 1 rings (SSSR count).